The first-order valence-electron chi connectivity index (χ1n) is 8.39. The molecule has 1 aromatic heterocycles. The van der Waals surface area contributed by atoms with Gasteiger partial charge in [0.2, 0.25) is 5.91 Å². The molecule has 1 fully saturated rings. The number of hydrogen-bond acceptors (Lipinski definition) is 2. The van der Waals surface area contributed by atoms with Gasteiger partial charge < -0.3 is 4.90 Å². The molecule has 3 heterocycles. The van der Waals surface area contributed by atoms with Crippen LogP contribution in [0.25, 0.3) is 10.9 Å². The van der Waals surface area contributed by atoms with E-state index in [0.717, 1.165) is 16.6 Å². The summed E-state index contributed by atoms with van der Waals surface area (Å²) in [6.45, 7) is 2.02. The van der Waals surface area contributed by atoms with Crippen molar-refractivity contribution in [3.05, 3.63) is 63.8 Å². The largest absolute Gasteiger partial charge is 0.300 e. The SMILES string of the molecule is CC12CCC(=O)N1c1ccc(Cl)cc1C(=O)n1c2cc2cc(Cl)ccc21. The number of aromatic nitrogens is 1. The van der Waals surface area contributed by atoms with Crippen LogP contribution in [0.1, 0.15) is 35.8 Å². The van der Waals surface area contributed by atoms with Crippen LogP contribution in [0.5, 0.6) is 0 Å². The molecule has 2 aliphatic heterocycles. The average molecular weight is 385 g/mol. The van der Waals surface area contributed by atoms with Gasteiger partial charge in [-0.15, -0.1) is 0 Å². The Morgan fingerprint density at radius 3 is 2.54 bits per heavy atom. The van der Waals surface area contributed by atoms with Gasteiger partial charge in [-0.05, 0) is 55.8 Å². The first kappa shape index (κ1) is 15.9. The first-order chi connectivity index (χ1) is 12.4. The summed E-state index contributed by atoms with van der Waals surface area (Å²) in [6.07, 6.45) is 1.08. The Balaban J connectivity index is 1.94. The maximum absolute atomic E-state index is 13.5. The molecule has 5 rings (SSSR count). The van der Waals surface area contributed by atoms with Crippen LogP contribution in [0.2, 0.25) is 10.0 Å². The zero-order chi connectivity index (χ0) is 18.2. The highest BCUT2D eigenvalue weighted by molar-refractivity contribution is 6.32. The van der Waals surface area contributed by atoms with Gasteiger partial charge in [0.15, 0.2) is 0 Å². The summed E-state index contributed by atoms with van der Waals surface area (Å²) in [5.41, 5.74) is 2.04. The number of carbonyl (C=O) groups is 2. The molecule has 4 nitrogen and oxygen atoms in total. The standard InChI is InChI=1S/C20H14Cl2N2O2/c1-20-7-6-18(25)24(20)16-5-3-13(22)10-14(16)19(26)23-15-4-2-12(21)8-11(15)9-17(20)23/h2-5,8-10H,6-7H2,1H3. The molecule has 3 aromatic rings. The van der Waals surface area contributed by atoms with Crippen LogP contribution in [-0.4, -0.2) is 16.4 Å². The summed E-state index contributed by atoms with van der Waals surface area (Å²) < 4.78 is 1.71. The van der Waals surface area contributed by atoms with Crippen molar-refractivity contribution in [2.24, 2.45) is 0 Å². The first-order valence-corrected chi connectivity index (χ1v) is 9.14. The second-order valence-corrected chi connectivity index (χ2v) is 7.91. The molecule has 0 N–H and O–H groups in total. The summed E-state index contributed by atoms with van der Waals surface area (Å²) in [6, 6.07) is 12.6. The van der Waals surface area contributed by atoms with Crippen LogP contribution in [0.3, 0.4) is 0 Å². The predicted molar refractivity (Wildman–Crippen MR) is 102 cm³/mol. The third kappa shape index (κ3) is 1.91. The number of amides is 1. The van der Waals surface area contributed by atoms with E-state index in [9.17, 15) is 9.59 Å². The average Bonchev–Trinajstić information content (AvgIpc) is 3.11. The third-order valence-electron chi connectivity index (χ3n) is 5.52. The molecule has 1 unspecified atom stereocenters. The van der Waals surface area contributed by atoms with Crippen LogP contribution in [-0.2, 0) is 10.3 Å². The second-order valence-electron chi connectivity index (χ2n) is 7.04. The molecular formula is C20H14Cl2N2O2. The Hall–Kier alpha value is -2.30. The van der Waals surface area contributed by atoms with Crippen LogP contribution < -0.4 is 4.90 Å². The number of hydrogen-bond donors (Lipinski definition) is 0. The molecule has 1 amide bonds. The van der Waals surface area contributed by atoms with Gasteiger partial charge in [-0.25, -0.2) is 0 Å². The van der Waals surface area contributed by atoms with Gasteiger partial charge in [-0.3, -0.25) is 14.2 Å². The molecule has 0 radical (unpaired) electrons. The fraction of sp³-hybridized carbons (Fsp3) is 0.200. The minimum atomic E-state index is -0.600. The lowest BCUT2D eigenvalue weighted by Gasteiger charge is -2.34. The maximum atomic E-state index is 13.5. The smallest absolute Gasteiger partial charge is 0.264 e. The molecule has 0 aliphatic carbocycles. The van der Waals surface area contributed by atoms with E-state index in [0.29, 0.717) is 34.1 Å². The van der Waals surface area contributed by atoms with Gasteiger partial charge >= 0.3 is 0 Å². The van der Waals surface area contributed by atoms with Crippen molar-refractivity contribution in [2.75, 3.05) is 4.90 Å². The minimum Gasteiger partial charge on any atom is -0.300 e. The Kier molecular flexibility index (Phi) is 3.13. The Morgan fingerprint density at radius 2 is 1.73 bits per heavy atom. The molecular weight excluding hydrogens is 371 g/mol. The summed E-state index contributed by atoms with van der Waals surface area (Å²) in [5, 5.41) is 1.96. The van der Waals surface area contributed by atoms with Gasteiger partial charge in [0.1, 0.15) is 0 Å². The van der Waals surface area contributed by atoms with Crippen molar-refractivity contribution >= 4 is 51.6 Å². The molecule has 2 aromatic carbocycles. The normalized spacial score (nSPS) is 21.6. The Morgan fingerprint density at radius 1 is 1.00 bits per heavy atom. The van der Waals surface area contributed by atoms with E-state index in [1.54, 1.807) is 33.7 Å². The molecule has 0 bridgehead atoms. The minimum absolute atomic E-state index is 0.0145. The highest BCUT2D eigenvalue weighted by atomic mass is 35.5. The zero-order valence-corrected chi connectivity index (χ0v) is 15.4. The van der Waals surface area contributed by atoms with E-state index in [-0.39, 0.29) is 11.8 Å². The molecule has 26 heavy (non-hydrogen) atoms. The van der Waals surface area contributed by atoms with E-state index in [1.165, 1.54) is 0 Å². The van der Waals surface area contributed by atoms with Crippen molar-refractivity contribution in [2.45, 2.75) is 25.3 Å². The number of fused-ring (bicyclic) bond motifs is 7. The number of halogens is 2. The third-order valence-corrected chi connectivity index (χ3v) is 5.99. The lowest BCUT2D eigenvalue weighted by molar-refractivity contribution is -0.117. The summed E-state index contributed by atoms with van der Waals surface area (Å²) in [4.78, 5) is 28.0. The summed E-state index contributed by atoms with van der Waals surface area (Å²) >= 11 is 12.3. The van der Waals surface area contributed by atoms with Crippen molar-refractivity contribution < 1.29 is 9.59 Å². The zero-order valence-electron chi connectivity index (χ0n) is 13.9. The van der Waals surface area contributed by atoms with Crippen LogP contribution in [0.15, 0.2) is 42.5 Å². The molecule has 1 saturated heterocycles. The van der Waals surface area contributed by atoms with E-state index in [2.05, 4.69) is 0 Å². The molecule has 0 saturated carbocycles. The summed E-state index contributed by atoms with van der Waals surface area (Å²) in [5.74, 6) is -0.168. The van der Waals surface area contributed by atoms with Gasteiger partial charge in [-0.1, -0.05) is 23.2 Å². The van der Waals surface area contributed by atoms with Crippen molar-refractivity contribution in [3.8, 4) is 0 Å². The number of nitrogens with zero attached hydrogens (tertiary/aromatic N) is 2. The highest BCUT2D eigenvalue weighted by Crippen LogP contribution is 2.48. The van der Waals surface area contributed by atoms with Crippen molar-refractivity contribution in [3.63, 3.8) is 0 Å². The van der Waals surface area contributed by atoms with Gasteiger partial charge in [0, 0.05) is 21.9 Å². The lowest BCUT2D eigenvalue weighted by atomic mass is 9.94. The number of benzene rings is 2. The van der Waals surface area contributed by atoms with Crippen LogP contribution in [0, 0.1) is 0 Å². The highest BCUT2D eigenvalue weighted by Gasteiger charge is 2.49. The van der Waals surface area contributed by atoms with Crippen molar-refractivity contribution in [1.82, 2.24) is 4.57 Å². The molecule has 1 atom stereocenters. The monoisotopic (exact) mass is 384 g/mol. The molecule has 2 aliphatic rings. The van der Waals surface area contributed by atoms with E-state index < -0.39 is 5.54 Å². The number of anilines is 1. The molecule has 130 valence electrons. The van der Waals surface area contributed by atoms with E-state index in [4.69, 9.17) is 23.2 Å². The number of rotatable bonds is 0. The molecule has 6 heteroatoms. The molecule has 0 spiro atoms. The van der Waals surface area contributed by atoms with Crippen molar-refractivity contribution in [1.29, 1.82) is 0 Å². The predicted octanol–water partition coefficient (Wildman–Crippen LogP) is 4.99. The maximum Gasteiger partial charge on any atom is 0.264 e. The fourth-order valence-corrected chi connectivity index (χ4v) is 4.64. The van der Waals surface area contributed by atoms with Crippen LogP contribution >= 0.6 is 23.2 Å². The van der Waals surface area contributed by atoms with E-state index >= 15 is 0 Å². The number of carbonyl (C=O) groups excluding carboxylic acids is 2. The Bertz CT molecular complexity index is 1130. The summed E-state index contributed by atoms with van der Waals surface area (Å²) in [7, 11) is 0. The van der Waals surface area contributed by atoms with Gasteiger partial charge in [-0.2, -0.15) is 0 Å². The quantitative estimate of drug-likeness (QED) is 0.547. The van der Waals surface area contributed by atoms with Gasteiger partial charge in [0.25, 0.3) is 5.91 Å². The fourth-order valence-electron chi connectivity index (χ4n) is 4.29. The van der Waals surface area contributed by atoms with E-state index in [1.807, 2.05) is 25.1 Å². The van der Waals surface area contributed by atoms with Crippen LogP contribution in [0.4, 0.5) is 5.69 Å². The second kappa shape index (κ2) is 5.12. The lowest BCUT2D eigenvalue weighted by Crippen LogP contribution is -2.41. The Labute approximate surface area is 159 Å². The topological polar surface area (TPSA) is 42.3 Å². The van der Waals surface area contributed by atoms with Gasteiger partial charge in [0.05, 0.1) is 28.0 Å².